The lowest BCUT2D eigenvalue weighted by molar-refractivity contribution is -0.128. The van der Waals surface area contributed by atoms with Gasteiger partial charge in [-0.25, -0.2) is 0 Å². The van der Waals surface area contributed by atoms with Crippen LogP contribution in [0.3, 0.4) is 0 Å². The number of halogens is 1. The summed E-state index contributed by atoms with van der Waals surface area (Å²) in [6, 6.07) is 10.2. The normalized spacial score (nSPS) is 16.7. The fourth-order valence-electron chi connectivity index (χ4n) is 3.05. The average molecular weight is 441 g/mol. The Hall–Kier alpha value is -2.25. The summed E-state index contributed by atoms with van der Waals surface area (Å²) in [4.78, 5) is 27.4. The Labute approximate surface area is 170 Å². The highest BCUT2D eigenvalue weighted by molar-refractivity contribution is 9.10. The van der Waals surface area contributed by atoms with Gasteiger partial charge in [-0.05, 0) is 36.2 Å². The Kier molecular flexibility index (Phi) is 5.22. The van der Waals surface area contributed by atoms with E-state index < -0.39 is 0 Å². The molecule has 1 aliphatic heterocycles. The Morgan fingerprint density at radius 2 is 1.96 bits per heavy atom. The molecular weight excluding hydrogens is 424 g/mol. The van der Waals surface area contributed by atoms with Crippen molar-refractivity contribution in [2.24, 2.45) is 0 Å². The number of hydrogen-bond acceptors (Lipinski definition) is 5. The molecule has 1 amide bonds. The van der Waals surface area contributed by atoms with E-state index in [9.17, 15) is 4.79 Å². The van der Waals surface area contributed by atoms with E-state index >= 15 is 0 Å². The molecule has 1 aliphatic rings. The zero-order valence-electron chi connectivity index (χ0n) is 14.7. The van der Waals surface area contributed by atoms with Crippen LogP contribution in [0.5, 0.6) is 0 Å². The number of benzene rings is 1. The molecule has 4 rings (SSSR count). The van der Waals surface area contributed by atoms with Gasteiger partial charge in [-0.1, -0.05) is 28.1 Å². The van der Waals surface area contributed by atoms with Crippen LogP contribution < -0.4 is 0 Å². The first-order valence-corrected chi connectivity index (χ1v) is 10.3. The second kappa shape index (κ2) is 7.78. The van der Waals surface area contributed by atoms with Crippen LogP contribution in [0.25, 0.3) is 11.1 Å². The molecule has 0 radical (unpaired) electrons. The molecule has 0 N–H and O–H groups in total. The quantitative estimate of drug-likeness (QED) is 0.602. The third-order valence-corrected chi connectivity index (χ3v) is 6.17. The molecule has 2 aromatic heterocycles. The molecular formula is C20H17BrN4OS. The number of carbonyl (C=O) groups excluding carboxylic acids is 1. The average Bonchev–Trinajstić information content (AvgIpc) is 3.04. The Bertz CT molecular complexity index is 962. The van der Waals surface area contributed by atoms with E-state index in [1.165, 1.54) is 0 Å². The third-order valence-electron chi connectivity index (χ3n) is 4.41. The molecule has 5 nitrogen and oxygen atoms in total. The van der Waals surface area contributed by atoms with Gasteiger partial charge in [-0.2, -0.15) is 0 Å². The molecule has 0 spiro atoms. The first kappa shape index (κ1) is 18.1. The second-order valence-electron chi connectivity index (χ2n) is 6.30. The number of thioether (sulfide) groups is 1. The lowest BCUT2D eigenvalue weighted by Crippen LogP contribution is -2.28. The van der Waals surface area contributed by atoms with Crippen molar-refractivity contribution in [2.45, 2.75) is 18.8 Å². The minimum absolute atomic E-state index is 0.0899. The lowest BCUT2D eigenvalue weighted by atomic mass is 10.0. The summed E-state index contributed by atoms with van der Waals surface area (Å²) < 4.78 is 1.03. The van der Waals surface area contributed by atoms with Crippen LogP contribution in [0.15, 0.2) is 59.6 Å². The fourth-order valence-corrected chi connectivity index (χ4v) is 4.52. The standard InChI is InChI=1S/C20H17BrN4OS/c1-13-8-24-16(9-23-13)11-25-19(26)12-27-20(25)18-10-22-7-6-17(18)14-2-4-15(21)5-3-14/h2-10,20H,11-12H2,1H3. The Morgan fingerprint density at radius 1 is 1.15 bits per heavy atom. The van der Waals surface area contributed by atoms with Crippen LogP contribution in [0.1, 0.15) is 22.3 Å². The third kappa shape index (κ3) is 3.89. The molecule has 0 bridgehead atoms. The van der Waals surface area contributed by atoms with Crippen molar-refractivity contribution in [2.75, 3.05) is 5.75 Å². The monoisotopic (exact) mass is 440 g/mol. The summed E-state index contributed by atoms with van der Waals surface area (Å²) in [5.74, 6) is 0.566. The maximum Gasteiger partial charge on any atom is 0.234 e. The van der Waals surface area contributed by atoms with Crippen LogP contribution in [-0.4, -0.2) is 31.5 Å². The van der Waals surface area contributed by atoms with Gasteiger partial charge in [0.05, 0.1) is 29.9 Å². The zero-order valence-corrected chi connectivity index (χ0v) is 17.1. The molecule has 27 heavy (non-hydrogen) atoms. The van der Waals surface area contributed by atoms with Crippen molar-refractivity contribution in [3.8, 4) is 11.1 Å². The topological polar surface area (TPSA) is 59.0 Å². The molecule has 3 aromatic rings. The molecule has 136 valence electrons. The van der Waals surface area contributed by atoms with Gasteiger partial charge >= 0.3 is 0 Å². The van der Waals surface area contributed by atoms with E-state index in [-0.39, 0.29) is 11.3 Å². The summed E-state index contributed by atoms with van der Waals surface area (Å²) in [7, 11) is 0. The van der Waals surface area contributed by atoms with Crippen molar-refractivity contribution >= 4 is 33.6 Å². The maximum atomic E-state index is 12.6. The van der Waals surface area contributed by atoms with E-state index in [1.807, 2.05) is 36.2 Å². The van der Waals surface area contributed by atoms with Crippen LogP contribution >= 0.6 is 27.7 Å². The number of aromatic nitrogens is 3. The molecule has 1 fully saturated rings. The van der Waals surface area contributed by atoms with Crippen LogP contribution in [0.4, 0.5) is 0 Å². The zero-order chi connectivity index (χ0) is 18.8. The molecule has 1 aromatic carbocycles. The largest absolute Gasteiger partial charge is 0.320 e. The van der Waals surface area contributed by atoms with Gasteiger partial charge in [0.2, 0.25) is 5.91 Å². The van der Waals surface area contributed by atoms with Gasteiger partial charge in [0.1, 0.15) is 5.37 Å². The van der Waals surface area contributed by atoms with Gasteiger partial charge < -0.3 is 4.90 Å². The van der Waals surface area contributed by atoms with Crippen LogP contribution in [-0.2, 0) is 11.3 Å². The van der Waals surface area contributed by atoms with Gasteiger partial charge in [0.15, 0.2) is 0 Å². The van der Waals surface area contributed by atoms with Gasteiger partial charge in [-0.3, -0.25) is 19.7 Å². The number of rotatable bonds is 4. The minimum atomic E-state index is -0.0899. The highest BCUT2D eigenvalue weighted by Gasteiger charge is 2.34. The fraction of sp³-hybridized carbons (Fsp3) is 0.200. The first-order chi connectivity index (χ1) is 13.1. The van der Waals surface area contributed by atoms with Crippen molar-refractivity contribution < 1.29 is 4.79 Å². The molecule has 0 saturated carbocycles. The Balaban J connectivity index is 1.68. The predicted octanol–water partition coefficient (Wildman–Crippen LogP) is 4.38. The SMILES string of the molecule is Cc1cnc(CN2C(=O)CSC2c2cnccc2-c2ccc(Br)cc2)cn1. The molecule has 1 atom stereocenters. The molecule has 1 saturated heterocycles. The van der Waals surface area contributed by atoms with E-state index in [0.29, 0.717) is 12.3 Å². The lowest BCUT2D eigenvalue weighted by Gasteiger charge is -2.25. The maximum absolute atomic E-state index is 12.6. The summed E-state index contributed by atoms with van der Waals surface area (Å²) in [6.07, 6.45) is 7.12. The molecule has 1 unspecified atom stereocenters. The van der Waals surface area contributed by atoms with Crippen LogP contribution in [0.2, 0.25) is 0 Å². The smallest absolute Gasteiger partial charge is 0.234 e. The van der Waals surface area contributed by atoms with E-state index in [0.717, 1.165) is 32.6 Å². The number of aryl methyl sites for hydroxylation is 1. The molecule has 0 aliphatic carbocycles. The summed E-state index contributed by atoms with van der Waals surface area (Å²) in [6.45, 7) is 2.34. The molecule has 3 heterocycles. The van der Waals surface area contributed by atoms with E-state index in [2.05, 4.69) is 43.0 Å². The molecule has 7 heteroatoms. The van der Waals surface area contributed by atoms with Gasteiger partial charge in [0.25, 0.3) is 0 Å². The second-order valence-corrected chi connectivity index (χ2v) is 8.29. The van der Waals surface area contributed by atoms with Crippen LogP contribution in [0, 0.1) is 6.92 Å². The number of nitrogens with zero attached hydrogens (tertiary/aromatic N) is 4. The van der Waals surface area contributed by atoms with E-state index in [1.54, 1.807) is 30.4 Å². The summed E-state index contributed by atoms with van der Waals surface area (Å²) in [5, 5.41) is -0.0899. The number of hydrogen-bond donors (Lipinski definition) is 0. The number of carbonyl (C=O) groups is 1. The highest BCUT2D eigenvalue weighted by Crippen LogP contribution is 2.43. The number of pyridine rings is 1. The van der Waals surface area contributed by atoms with Crippen molar-refractivity contribution in [3.05, 3.63) is 76.5 Å². The summed E-state index contributed by atoms with van der Waals surface area (Å²) in [5.41, 5.74) is 4.88. The number of amides is 1. The van der Waals surface area contributed by atoms with Gasteiger partial charge in [-0.15, -0.1) is 11.8 Å². The highest BCUT2D eigenvalue weighted by atomic mass is 79.9. The van der Waals surface area contributed by atoms with Gasteiger partial charge in [0, 0.05) is 28.6 Å². The Morgan fingerprint density at radius 3 is 2.70 bits per heavy atom. The predicted molar refractivity (Wildman–Crippen MR) is 110 cm³/mol. The van der Waals surface area contributed by atoms with Crippen molar-refractivity contribution in [3.63, 3.8) is 0 Å². The van der Waals surface area contributed by atoms with Crippen molar-refractivity contribution in [1.82, 2.24) is 19.9 Å². The van der Waals surface area contributed by atoms with E-state index in [4.69, 9.17) is 0 Å². The first-order valence-electron chi connectivity index (χ1n) is 8.50. The van der Waals surface area contributed by atoms with Crippen molar-refractivity contribution in [1.29, 1.82) is 0 Å². The minimum Gasteiger partial charge on any atom is -0.320 e. The summed E-state index contributed by atoms with van der Waals surface area (Å²) >= 11 is 5.11.